The molecule has 49 valence electrons. The maximum Gasteiger partial charge on any atom is 0.333 e. The fraction of sp³-hybridized carbons (Fsp3) is 0.429. The number of carbonyl (C=O) groups is 1. The Kier molecular flexibility index (Phi) is 1.88. The van der Waals surface area contributed by atoms with Crippen molar-refractivity contribution < 1.29 is 9.53 Å². The number of rotatable bonds is 1. The molecule has 0 amide bonds. The third kappa shape index (κ3) is 1.31. The lowest BCUT2D eigenvalue weighted by Gasteiger charge is -1.95. The quantitative estimate of drug-likeness (QED) is 0.495. The lowest BCUT2D eigenvalue weighted by atomic mass is 10.2. The van der Waals surface area contributed by atoms with Crippen molar-refractivity contribution in [1.82, 2.24) is 0 Å². The highest BCUT2D eigenvalue weighted by atomic mass is 16.5. The Morgan fingerprint density at radius 2 is 2.56 bits per heavy atom. The average molecular weight is 125 g/mol. The van der Waals surface area contributed by atoms with Crippen molar-refractivity contribution in [2.75, 3.05) is 0 Å². The van der Waals surface area contributed by atoms with Crippen molar-refractivity contribution in [1.29, 1.82) is 0 Å². The van der Waals surface area contributed by atoms with Crippen molar-refractivity contribution in [2.24, 2.45) is 0 Å². The summed E-state index contributed by atoms with van der Waals surface area (Å²) in [6.07, 6.45) is 4.84. The molecule has 0 fully saturated rings. The Morgan fingerprint density at radius 1 is 1.78 bits per heavy atom. The first-order chi connectivity index (χ1) is 4.34. The second-order valence-electron chi connectivity index (χ2n) is 2.05. The lowest BCUT2D eigenvalue weighted by Crippen LogP contribution is -2.00. The third-order valence-corrected chi connectivity index (χ3v) is 1.43. The molecule has 0 aromatic rings. The van der Waals surface area contributed by atoms with Gasteiger partial charge < -0.3 is 4.74 Å². The Hall–Kier alpha value is -0.790. The minimum Gasteiger partial charge on any atom is -0.459 e. The van der Waals surface area contributed by atoms with Crippen LogP contribution in [0.2, 0.25) is 0 Å². The van der Waals surface area contributed by atoms with Gasteiger partial charge in [-0.2, -0.15) is 0 Å². The van der Waals surface area contributed by atoms with E-state index in [1.807, 2.05) is 6.08 Å². The average Bonchev–Trinajstić information content (AvgIpc) is 2.37. The monoisotopic (exact) mass is 125 g/mol. The predicted octanol–water partition coefficient (Wildman–Crippen LogP) is 1.43. The molecule has 1 radical (unpaired) electrons. The molecule has 0 atom stereocenters. The van der Waals surface area contributed by atoms with Crippen LogP contribution in [0.15, 0.2) is 11.6 Å². The van der Waals surface area contributed by atoms with Crippen LogP contribution in [0.5, 0.6) is 0 Å². The van der Waals surface area contributed by atoms with Gasteiger partial charge in [0.1, 0.15) is 7.11 Å². The van der Waals surface area contributed by atoms with E-state index in [9.17, 15) is 4.79 Å². The number of hydrogen-bond acceptors (Lipinski definition) is 2. The van der Waals surface area contributed by atoms with E-state index in [0.29, 0.717) is 0 Å². The van der Waals surface area contributed by atoms with Crippen LogP contribution in [0.3, 0.4) is 0 Å². The molecule has 0 saturated carbocycles. The highest BCUT2D eigenvalue weighted by Crippen LogP contribution is 2.17. The van der Waals surface area contributed by atoms with Crippen molar-refractivity contribution >= 4 is 5.97 Å². The molecule has 0 spiro atoms. The van der Waals surface area contributed by atoms with Crippen LogP contribution in [-0.2, 0) is 9.53 Å². The zero-order chi connectivity index (χ0) is 6.69. The van der Waals surface area contributed by atoms with Gasteiger partial charge in [-0.15, -0.1) is 0 Å². The second-order valence-corrected chi connectivity index (χ2v) is 2.05. The first-order valence-corrected chi connectivity index (χ1v) is 3.00. The van der Waals surface area contributed by atoms with Gasteiger partial charge in [-0.05, 0) is 19.3 Å². The maximum absolute atomic E-state index is 10.7. The van der Waals surface area contributed by atoms with E-state index in [0.717, 1.165) is 24.8 Å². The van der Waals surface area contributed by atoms with Crippen molar-refractivity contribution in [2.45, 2.75) is 19.3 Å². The molecule has 0 aromatic carbocycles. The molecule has 1 rings (SSSR count). The molecule has 0 N–H and O–H groups in total. The summed E-state index contributed by atoms with van der Waals surface area (Å²) in [4.78, 5) is 10.7. The summed E-state index contributed by atoms with van der Waals surface area (Å²) in [5.74, 6) is -0.271. The van der Waals surface area contributed by atoms with Gasteiger partial charge in [0.2, 0.25) is 0 Å². The van der Waals surface area contributed by atoms with Crippen molar-refractivity contribution in [3.63, 3.8) is 0 Å². The van der Waals surface area contributed by atoms with E-state index in [1.54, 1.807) is 0 Å². The van der Waals surface area contributed by atoms with E-state index in [-0.39, 0.29) is 5.97 Å². The first kappa shape index (κ1) is 6.33. The largest absolute Gasteiger partial charge is 0.459 e. The summed E-state index contributed by atoms with van der Waals surface area (Å²) >= 11 is 0. The van der Waals surface area contributed by atoms with Crippen molar-refractivity contribution in [3.8, 4) is 0 Å². The summed E-state index contributed by atoms with van der Waals surface area (Å²) in [6, 6.07) is 0. The molecule has 0 aliphatic heterocycles. The van der Waals surface area contributed by atoms with E-state index in [2.05, 4.69) is 11.8 Å². The van der Waals surface area contributed by atoms with Gasteiger partial charge in [0, 0.05) is 5.57 Å². The number of hydrogen-bond donors (Lipinski definition) is 0. The van der Waals surface area contributed by atoms with Crippen LogP contribution in [0.4, 0.5) is 0 Å². The highest BCUT2D eigenvalue weighted by Gasteiger charge is 2.12. The van der Waals surface area contributed by atoms with Gasteiger partial charge in [-0.3, -0.25) is 0 Å². The van der Waals surface area contributed by atoms with E-state index in [4.69, 9.17) is 0 Å². The molecular formula is C7H9O2. The number of esters is 1. The number of allylic oxidation sites excluding steroid dienone is 1. The smallest absolute Gasteiger partial charge is 0.333 e. The van der Waals surface area contributed by atoms with E-state index in [1.165, 1.54) is 0 Å². The van der Waals surface area contributed by atoms with E-state index >= 15 is 0 Å². The minimum absolute atomic E-state index is 0.271. The minimum atomic E-state index is -0.271. The fourth-order valence-electron chi connectivity index (χ4n) is 0.949. The van der Waals surface area contributed by atoms with Gasteiger partial charge in [0.15, 0.2) is 0 Å². The van der Waals surface area contributed by atoms with Gasteiger partial charge in [-0.25, -0.2) is 4.79 Å². The van der Waals surface area contributed by atoms with Gasteiger partial charge in [0.05, 0.1) is 0 Å². The van der Waals surface area contributed by atoms with Crippen molar-refractivity contribution in [3.05, 3.63) is 18.8 Å². The molecule has 1 aliphatic carbocycles. The van der Waals surface area contributed by atoms with Crippen LogP contribution in [-0.4, -0.2) is 5.97 Å². The van der Waals surface area contributed by atoms with Gasteiger partial charge >= 0.3 is 5.97 Å². The van der Waals surface area contributed by atoms with Crippen LogP contribution in [0.25, 0.3) is 0 Å². The molecule has 2 heteroatoms. The molecule has 0 aromatic heterocycles. The molecule has 9 heavy (non-hydrogen) atoms. The summed E-state index contributed by atoms with van der Waals surface area (Å²) in [6.45, 7) is 0. The Balaban J connectivity index is 2.51. The highest BCUT2D eigenvalue weighted by molar-refractivity contribution is 5.88. The Bertz CT molecular complexity index is 147. The molecule has 2 nitrogen and oxygen atoms in total. The normalized spacial score (nSPS) is 17.2. The van der Waals surface area contributed by atoms with Crippen LogP contribution < -0.4 is 0 Å². The molecule has 0 bridgehead atoms. The van der Waals surface area contributed by atoms with E-state index < -0.39 is 0 Å². The summed E-state index contributed by atoms with van der Waals surface area (Å²) in [5.41, 5.74) is 0.782. The molecule has 0 saturated heterocycles. The lowest BCUT2D eigenvalue weighted by molar-refractivity contribution is -0.134. The molecule has 0 unspecified atom stereocenters. The maximum atomic E-state index is 10.7. The first-order valence-electron chi connectivity index (χ1n) is 3.00. The van der Waals surface area contributed by atoms with Crippen LogP contribution in [0.1, 0.15) is 19.3 Å². The molecule has 0 heterocycles. The molecule has 1 aliphatic rings. The zero-order valence-corrected chi connectivity index (χ0v) is 5.22. The predicted molar refractivity (Wildman–Crippen MR) is 33.4 cm³/mol. The Morgan fingerprint density at radius 3 is 3.00 bits per heavy atom. The topological polar surface area (TPSA) is 26.3 Å². The van der Waals surface area contributed by atoms with Gasteiger partial charge in [-0.1, -0.05) is 6.08 Å². The summed E-state index contributed by atoms with van der Waals surface area (Å²) < 4.78 is 4.28. The number of ether oxygens (including phenoxy) is 1. The fourth-order valence-corrected chi connectivity index (χ4v) is 0.949. The third-order valence-electron chi connectivity index (χ3n) is 1.43. The van der Waals surface area contributed by atoms with Crippen LogP contribution >= 0.6 is 0 Å². The Labute approximate surface area is 54.5 Å². The summed E-state index contributed by atoms with van der Waals surface area (Å²) in [7, 11) is 3.04. The number of carbonyl (C=O) groups excluding carboxylic acids is 1. The zero-order valence-electron chi connectivity index (χ0n) is 5.22. The van der Waals surface area contributed by atoms with Crippen LogP contribution in [0, 0.1) is 7.11 Å². The SMILES string of the molecule is [CH2]OC(=O)C1=CCCC1. The molecular weight excluding hydrogens is 116 g/mol. The van der Waals surface area contributed by atoms with Gasteiger partial charge in [0.25, 0.3) is 0 Å². The second kappa shape index (κ2) is 2.67. The standard InChI is InChI=1S/C7H9O2/c1-9-7(8)6-4-2-3-5-6/h4H,1-3,5H2. The summed E-state index contributed by atoms with van der Waals surface area (Å²) in [5, 5.41) is 0.